The fourth-order valence-electron chi connectivity index (χ4n) is 2.07. The Morgan fingerprint density at radius 3 is 2.24 bits per heavy atom. The third kappa shape index (κ3) is 2.69. The minimum Gasteiger partial charge on any atom is -0.464 e. The predicted molar refractivity (Wildman–Crippen MR) is 78.7 cm³/mol. The van der Waals surface area contributed by atoms with Gasteiger partial charge in [-0.15, -0.1) is 0 Å². The molecule has 1 heterocycles. The van der Waals surface area contributed by atoms with Gasteiger partial charge < -0.3 is 9.26 Å². The number of carbonyl (C=O) groups is 1. The van der Waals surface area contributed by atoms with E-state index in [2.05, 4.69) is 22.0 Å². The summed E-state index contributed by atoms with van der Waals surface area (Å²) in [6, 6.07) is 19.6. The van der Waals surface area contributed by atoms with Crippen molar-refractivity contribution in [3.8, 4) is 22.5 Å². The molecule has 3 aromatic rings. The molecule has 21 heavy (non-hydrogen) atoms. The van der Waals surface area contributed by atoms with Crippen LogP contribution in [0.4, 0.5) is 0 Å². The van der Waals surface area contributed by atoms with E-state index < -0.39 is 5.97 Å². The predicted octanol–water partition coefficient (Wildman–Crippen LogP) is 3.80. The van der Waals surface area contributed by atoms with E-state index in [1.807, 2.05) is 42.5 Å². The van der Waals surface area contributed by atoms with Crippen molar-refractivity contribution in [3.05, 3.63) is 66.4 Å². The van der Waals surface area contributed by atoms with Gasteiger partial charge in [-0.25, -0.2) is 4.79 Å². The van der Waals surface area contributed by atoms with E-state index in [0.717, 1.165) is 16.7 Å². The Balaban J connectivity index is 1.87. The lowest BCUT2D eigenvalue weighted by Crippen LogP contribution is -2.00. The molecule has 1 aromatic heterocycles. The van der Waals surface area contributed by atoms with Crippen molar-refractivity contribution in [2.24, 2.45) is 0 Å². The van der Waals surface area contributed by atoms with Gasteiger partial charge in [0.15, 0.2) is 11.5 Å². The van der Waals surface area contributed by atoms with E-state index in [-0.39, 0.29) is 5.69 Å². The molecule has 0 N–H and O–H groups in total. The smallest absolute Gasteiger partial charge is 0.360 e. The highest BCUT2D eigenvalue weighted by Crippen LogP contribution is 2.25. The molecule has 2 aromatic carbocycles. The first kappa shape index (κ1) is 13.1. The van der Waals surface area contributed by atoms with Gasteiger partial charge in [-0.1, -0.05) is 59.8 Å². The van der Waals surface area contributed by atoms with Crippen molar-refractivity contribution in [2.75, 3.05) is 7.11 Å². The first-order valence-corrected chi connectivity index (χ1v) is 6.49. The molecule has 0 aliphatic carbocycles. The van der Waals surface area contributed by atoms with E-state index >= 15 is 0 Å². The molecule has 0 amide bonds. The molecular formula is C17H13NO3. The Labute approximate surface area is 122 Å². The first-order chi connectivity index (χ1) is 10.3. The van der Waals surface area contributed by atoms with Crippen LogP contribution >= 0.6 is 0 Å². The highest BCUT2D eigenvalue weighted by atomic mass is 16.5. The van der Waals surface area contributed by atoms with E-state index in [1.54, 1.807) is 6.07 Å². The monoisotopic (exact) mass is 279 g/mol. The summed E-state index contributed by atoms with van der Waals surface area (Å²) >= 11 is 0. The molecular weight excluding hydrogens is 266 g/mol. The highest BCUT2D eigenvalue weighted by Gasteiger charge is 2.13. The number of esters is 1. The summed E-state index contributed by atoms with van der Waals surface area (Å²) in [6.45, 7) is 0. The molecule has 104 valence electrons. The maximum atomic E-state index is 11.4. The Kier molecular flexibility index (Phi) is 3.51. The topological polar surface area (TPSA) is 52.3 Å². The molecule has 4 heteroatoms. The van der Waals surface area contributed by atoms with Crippen LogP contribution in [0.5, 0.6) is 0 Å². The van der Waals surface area contributed by atoms with E-state index in [0.29, 0.717) is 5.76 Å². The second kappa shape index (κ2) is 5.63. The molecule has 0 atom stereocenters. The molecule has 0 unspecified atom stereocenters. The van der Waals surface area contributed by atoms with Crippen molar-refractivity contribution < 1.29 is 14.1 Å². The lowest BCUT2D eigenvalue weighted by atomic mass is 10.0. The van der Waals surface area contributed by atoms with Crippen molar-refractivity contribution in [1.29, 1.82) is 0 Å². The van der Waals surface area contributed by atoms with Crippen molar-refractivity contribution >= 4 is 5.97 Å². The molecule has 0 radical (unpaired) electrons. The van der Waals surface area contributed by atoms with Crippen LogP contribution in [0.2, 0.25) is 0 Å². The summed E-state index contributed by atoms with van der Waals surface area (Å²) in [7, 11) is 1.31. The van der Waals surface area contributed by atoms with E-state index in [4.69, 9.17) is 4.52 Å². The van der Waals surface area contributed by atoms with Crippen LogP contribution in [-0.2, 0) is 4.74 Å². The normalized spacial score (nSPS) is 10.3. The summed E-state index contributed by atoms with van der Waals surface area (Å²) < 4.78 is 9.77. The zero-order chi connectivity index (χ0) is 14.7. The van der Waals surface area contributed by atoms with Crippen molar-refractivity contribution in [2.45, 2.75) is 0 Å². The number of aromatic nitrogens is 1. The third-order valence-electron chi connectivity index (χ3n) is 3.18. The Morgan fingerprint density at radius 2 is 1.57 bits per heavy atom. The van der Waals surface area contributed by atoms with Gasteiger partial charge in [-0.2, -0.15) is 0 Å². The number of benzene rings is 2. The summed E-state index contributed by atoms with van der Waals surface area (Å²) in [4.78, 5) is 11.4. The van der Waals surface area contributed by atoms with Crippen LogP contribution < -0.4 is 0 Å². The third-order valence-corrected chi connectivity index (χ3v) is 3.18. The van der Waals surface area contributed by atoms with Crippen molar-refractivity contribution in [3.63, 3.8) is 0 Å². The lowest BCUT2D eigenvalue weighted by Gasteiger charge is -2.02. The molecule has 0 saturated heterocycles. The van der Waals surface area contributed by atoms with Gasteiger partial charge in [-0.05, 0) is 11.1 Å². The largest absolute Gasteiger partial charge is 0.464 e. The molecule has 4 nitrogen and oxygen atoms in total. The van der Waals surface area contributed by atoms with Crippen molar-refractivity contribution in [1.82, 2.24) is 5.16 Å². The van der Waals surface area contributed by atoms with Gasteiger partial charge in [0.05, 0.1) is 7.11 Å². The quantitative estimate of drug-likeness (QED) is 0.684. The molecule has 0 fully saturated rings. The van der Waals surface area contributed by atoms with Gasteiger partial charge in [0, 0.05) is 11.6 Å². The Bertz CT molecular complexity index is 745. The minimum atomic E-state index is -0.508. The number of hydrogen-bond acceptors (Lipinski definition) is 4. The molecule has 0 aliphatic heterocycles. The Hall–Kier alpha value is -2.88. The summed E-state index contributed by atoms with van der Waals surface area (Å²) in [5.74, 6) is 0.0286. The number of hydrogen-bond donors (Lipinski definition) is 0. The van der Waals surface area contributed by atoms with Crippen LogP contribution in [0.1, 0.15) is 10.5 Å². The fourth-order valence-corrected chi connectivity index (χ4v) is 2.07. The minimum absolute atomic E-state index is 0.166. The Morgan fingerprint density at radius 1 is 0.952 bits per heavy atom. The fraction of sp³-hybridized carbons (Fsp3) is 0.0588. The second-order valence-corrected chi connectivity index (χ2v) is 4.51. The zero-order valence-corrected chi connectivity index (χ0v) is 11.4. The lowest BCUT2D eigenvalue weighted by molar-refractivity contribution is 0.0589. The molecule has 0 bridgehead atoms. The van der Waals surface area contributed by atoms with Gasteiger partial charge in [0.25, 0.3) is 0 Å². The number of methoxy groups -OCH3 is 1. The summed E-state index contributed by atoms with van der Waals surface area (Å²) in [5.41, 5.74) is 3.29. The number of ether oxygens (including phenoxy) is 1. The molecule has 3 rings (SSSR count). The average molecular weight is 279 g/mol. The van der Waals surface area contributed by atoms with E-state index in [9.17, 15) is 4.79 Å². The number of nitrogens with zero attached hydrogens (tertiary/aromatic N) is 1. The number of rotatable bonds is 3. The average Bonchev–Trinajstić information content (AvgIpc) is 3.05. The second-order valence-electron chi connectivity index (χ2n) is 4.51. The molecule has 0 spiro atoms. The number of carbonyl (C=O) groups excluding carboxylic acids is 1. The van der Waals surface area contributed by atoms with Crippen LogP contribution in [0.3, 0.4) is 0 Å². The van der Waals surface area contributed by atoms with Gasteiger partial charge in [0.1, 0.15) is 0 Å². The highest BCUT2D eigenvalue weighted by molar-refractivity contribution is 5.88. The van der Waals surface area contributed by atoms with Gasteiger partial charge >= 0.3 is 5.97 Å². The van der Waals surface area contributed by atoms with E-state index in [1.165, 1.54) is 7.11 Å². The first-order valence-electron chi connectivity index (χ1n) is 6.49. The van der Waals surface area contributed by atoms with Crippen LogP contribution in [0.15, 0.2) is 65.2 Å². The standard InChI is InChI=1S/C17H13NO3/c1-20-17(19)15-11-16(21-18-15)14-9-7-13(8-10-14)12-5-3-2-4-6-12/h2-11H,1H3. The molecule has 0 aliphatic rings. The van der Waals surface area contributed by atoms with Crippen LogP contribution in [0, 0.1) is 0 Å². The van der Waals surface area contributed by atoms with Crippen LogP contribution in [0.25, 0.3) is 22.5 Å². The van der Waals surface area contributed by atoms with Gasteiger partial charge in [-0.3, -0.25) is 0 Å². The van der Waals surface area contributed by atoms with Crippen LogP contribution in [-0.4, -0.2) is 18.2 Å². The summed E-state index contributed by atoms with van der Waals surface area (Å²) in [6.07, 6.45) is 0. The van der Waals surface area contributed by atoms with Gasteiger partial charge in [0.2, 0.25) is 0 Å². The summed E-state index contributed by atoms with van der Waals surface area (Å²) in [5, 5.41) is 3.69. The SMILES string of the molecule is COC(=O)c1cc(-c2ccc(-c3ccccc3)cc2)on1. The maximum Gasteiger partial charge on any atom is 0.360 e. The maximum absolute atomic E-state index is 11.4. The molecule has 0 saturated carbocycles. The zero-order valence-electron chi connectivity index (χ0n) is 11.4.